The molecule has 0 radical (unpaired) electrons. The molecule has 0 aliphatic carbocycles. The monoisotopic (exact) mass is 144 g/mol. The van der Waals surface area contributed by atoms with Gasteiger partial charge in [0.25, 0.3) is 0 Å². The van der Waals surface area contributed by atoms with Crippen molar-refractivity contribution in [2.24, 2.45) is 5.41 Å². The molecule has 0 aliphatic heterocycles. The first-order valence-electron chi connectivity index (χ1n) is 3.70. The third kappa shape index (κ3) is 4.36. The Morgan fingerprint density at radius 1 is 1.50 bits per heavy atom. The Labute approximate surface area is 62.2 Å². The first-order valence-corrected chi connectivity index (χ1v) is 3.70. The van der Waals surface area contributed by atoms with Gasteiger partial charge in [0, 0.05) is 6.42 Å². The van der Waals surface area contributed by atoms with Crippen LogP contribution in [0.25, 0.3) is 0 Å². The van der Waals surface area contributed by atoms with Gasteiger partial charge in [0.2, 0.25) is 0 Å². The normalized spacial score (nSPS) is 11.5. The molecule has 0 bridgehead atoms. The molecule has 2 nitrogen and oxygen atoms in total. The van der Waals surface area contributed by atoms with Gasteiger partial charge < -0.3 is 5.11 Å². The Balaban J connectivity index is 3.56. The second kappa shape index (κ2) is 3.59. The standard InChI is InChI=1S/C8H16O2/c1-4-8(2,3)6-5-7(9)10/h4-6H2,1-3H3,(H,9,10). The van der Waals surface area contributed by atoms with Gasteiger partial charge in [0.1, 0.15) is 0 Å². The van der Waals surface area contributed by atoms with Crippen LogP contribution in [0, 0.1) is 5.41 Å². The summed E-state index contributed by atoms with van der Waals surface area (Å²) in [6, 6.07) is 0. The SMILES string of the molecule is CCC(C)(C)CCC(=O)O. The van der Waals surface area contributed by atoms with Gasteiger partial charge in [-0.3, -0.25) is 4.79 Å². The number of hydrogen-bond acceptors (Lipinski definition) is 1. The molecule has 0 aromatic carbocycles. The van der Waals surface area contributed by atoms with Crippen molar-refractivity contribution in [3.8, 4) is 0 Å². The fraction of sp³-hybridized carbons (Fsp3) is 0.875. The Morgan fingerprint density at radius 3 is 2.30 bits per heavy atom. The lowest BCUT2D eigenvalue weighted by Gasteiger charge is -2.20. The minimum atomic E-state index is -0.693. The zero-order valence-electron chi connectivity index (χ0n) is 6.98. The van der Waals surface area contributed by atoms with E-state index in [1.54, 1.807) is 0 Å². The molecular weight excluding hydrogens is 128 g/mol. The molecule has 1 N–H and O–H groups in total. The smallest absolute Gasteiger partial charge is 0.303 e. The summed E-state index contributed by atoms with van der Waals surface area (Å²) in [4.78, 5) is 10.2. The first-order chi connectivity index (χ1) is 4.48. The van der Waals surface area contributed by atoms with E-state index in [-0.39, 0.29) is 5.41 Å². The van der Waals surface area contributed by atoms with Gasteiger partial charge in [0.05, 0.1) is 0 Å². The van der Waals surface area contributed by atoms with Gasteiger partial charge in [-0.15, -0.1) is 0 Å². The van der Waals surface area contributed by atoms with E-state index in [1.165, 1.54) is 0 Å². The minimum absolute atomic E-state index is 0.193. The van der Waals surface area contributed by atoms with Crippen molar-refractivity contribution in [2.75, 3.05) is 0 Å². The Kier molecular flexibility index (Phi) is 3.40. The van der Waals surface area contributed by atoms with E-state index in [9.17, 15) is 4.79 Å². The topological polar surface area (TPSA) is 37.3 Å². The molecule has 0 aromatic heterocycles. The van der Waals surface area contributed by atoms with Crippen LogP contribution < -0.4 is 0 Å². The number of hydrogen-bond donors (Lipinski definition) is 1. The predicted molar refractivity (Wildman–Crippen MR) is 40.9 cm³/mol. The molecule has 0 rings (SSSR count). The Hall–Kier alpha value is -0.530. The van der Waals surface area contributed by atoms with Crippen molar-refractivity contribution >= 4 is 5.97 Å². The highest BCUT2D eigenvalue weighted by Gasteiger charge is 2.15. The number of aliphatic carboxylic acids is 1. The van der Waals surface area contributed by atoms with Crippen molar-refractivity contribution in [3.63, 3.8) is 0 Å². The summed E-state index contributed by atoms with van der Waals surface area (Å²) < 4.78 is 0. The van der Waals surface area contributed by atoms with Crippen LogP contribution >= 0.6 is 0 Å². The quantitative estimate of drug-likeness (QED) is 0.657. The van der Waals surface area contributed by atoms with E-state index >= 15 is 0 Å². The lowest BCUT2D eigenvalue weighted by molar-refractivity contribution is -0.137. The summed E-state index contributed by atoms with van der Waals surface area (Å²) in [7, 11) is 0. The van der Waals surface area contributed by atoms with E-state index in [4.69, 9.17) is 5.11 Å². The van der Waals surface area contributed by atoms with Crippen LogP contribution in [0.1, 0.15) is 40.0 Å². The summed E-state index contributed by atoms with van der Waals surface area (Å²) in [5.41, 5.74) is 0.193. The fourth-order valence-electron chi connectivity index (χ4n) is 0.622. The zero-order valence-corrected chi connectivity index (χ0v) is 6.98. The predicted octanol–water partition coefficient (Wildman–Crippen LogP) is 2.29. The zero-order chi connectivity index (χ0) is 8.20. The molecule has 60 valence electrons. The summed E-state index contributed by atoms with van der Waals surface area (Å²) >= 11 is 0. The van der Waals surface area contributed by atoms with Gasteiger partial charge in [-0.05, 0) is 11.8 Å². The average molecular weight is 144 g/mol. The number of carbonyl (C=O) groups is 1. The van der Waals surface area contributed by atoms with Gasteiger partial charge in [0.15, 0.2) is 0 Å². The molecular formula is C8H16O2. The van der Waals surface area contributed by atoms with Gasteiger partial charge >= 0.3 is 5.97 Å². The van der Waals surface area contributed by atoms with Crippen molar-refractivity contribution in [2.45, 2.75) is 40.0 Å². The first kappa shape index (κ1) is 9.47. The molecule has 0 unspecified atom stereocenters. The van der Waals surface area contributed by atoms with E-state index < -0.39 is 5.97 Å². The van der Waals surface area contributed by atoms with Crippen molar-refractivity contribution in [1.29, 1.82) is 0 Å². The molecule has 10 heavy (non-hydrogen) atoms. The van der Waals surface area contributed by atoms with E-state index in [0.717, 1.165) is 12.8 Å². The van der Waals surface area contributed by atoms with E-state index in [0.29, 0.717) is 6.42 Å². The Bertz CT molecular complexity index is 116. The van der Waals surface area contributed by atoms with Crippen LogP contribution in [-0.4, -0.2) is 11.1 Å². The summed E-state index contributed by atoms with van der Waals surface area (Å²) in [6.45, 7) is 6.27. The molecule has 0 spiro atoms. The highest BCUT2D eigenvalue weighted by Crippen LogP contribution is 2.25. The molecule has 0 amide bonds. The lowest BCUT2D eigenvalue weighted by atomic mass is 9.85. The average Bonchev–Trinajstić information content (AvgIpc) is 1.85. The minimum Gasteiger partial charge on any atom is -0.481 e. The second-order valence-corrected chi connectivity index (χ2v) is 3.41. The molecule has 0 saturated heterocycles. The fourth-order valence-corrected chi connectivity index (χ4v) is 0.622. The summed E-state index contributed by atoms with van der Waals surface area (Å²) in [6.07, 6.45) is 2.11. The van der Waals surface area contributed by atoms with Gasteiger partial charge in [-0.2, -0.15) is 0 Å². The number of carboxylic acids is 1. The molecule has 0 atom stereocenters. The van der Waals surface area contributed by atoms with Crippen LogP contribution in [0.5, 0.6) is 0 Å². The highest BCUT2D eigenvalue weighted by molar-refractivity contribution is 5.66. The summed E-state index contributed by atoms with van der Waals surface area (Å²) in [5.74, 6) is -0.693. The Morgan fingerprint density at radius 2 is 2.00 bits per heavy atom. The van der Waals surface area contributed by atoms with E-state index in [2.05, 4.69) is 20.8 Å². The van der Waals surface area contributed by atoms with Crippen LogP contribution in [0.3, 0.4) is 0 Å². The maximum atomic E-state index is 10.2. The molecule has 0 aliphatic rings. The maximum Gasteiger partial charge on any atom is 0.303 e. The molecule has 0 saturated carbocycles. The molecule has 2 heteroatoms. The van der Waals surface area contributed by atoms with Crippen LogP contribution in [0.15, 0.2) is 0 Å². The molecule has 0 heterocycles. The van der Waals surface area contributed by atoms with Gasteiger partial charge in [-0.1, -0.05) is 27.2 Å². The van der Waals surface area contributed by atoms with Crippen molar-refractivity contribution < 1.29 is 9.90 Å². The number of rotatable bonds is 4. The maximum absolute atomic E-state index is 10.2. The largest absolute Gasteiger partial charge is 0.481 e. The summed E-state index contributed by atoms with van der Waals surface area (Å²) in [5, 5.41) is 8.37. The van der Waals surface area contributed by atoms with Crippen molar-refractivity contribution in [3.05, 3.63) is 0 Å². The highest BCUT2D eigenvalue weighted by atomic mass is 16.4. The van der Waals surface area contributed by atoms with Crippen LogP contribution in [0.4, 0.5) is 0 Å². The third-order valence-corrected chi connectivity index (χ3v) is 1.97. The van der Waals surface area contributed by atoms with Crippen LogP contribution in [0.2, 0.25) is 0 Å². The lowest BCUT2D eigenvalue weighted by Crippen LogP contribution is -2.11. The molecule has 0 aromatic rings. The third-order valence-electron chi connectivity index (χ3n) is 1.97. The number of carboxylic acid groups (broad SMARTS) is 1. The van der Waals surface area contributed by atoms with Gasteiger partial charge in [-0.25, -0.2) is 0 Å². The van der Waals surface area contributed by atoms with E-state index in [1.807, 2.05) is 0 Å². The second-order valence-electron chi connectivity index (χ2n) is 3.41. The van der Waals surface area contributed by atoms with Crippen molar-refractivity contribution in [1.82, 2.24) is 0 Å². The van der Waals surface area contributed by atoms with Crippen LogP contribution in [-0.2, 0) is 4.79 Å². The molecule has 0 fully saturated rings.